The molecule has 142 valence electrons. The lowest BCUT2D eigenvalue weighted by Crippen LogP contribution is -2.45. The van der Waals surface area contributed by atoms with Crippen LogP contribution in [0.2, 0.25) is 0 Å². The van der Waals surface area contributed by atoms with Crippen LogP contribution in [0.1, 0.15) is 31.4 Å². The van der Waals surface area contributed by atoms with E-state index in [-0.39, 0.29) is 18.1 Å². The lowest BCUT2D eigenvalue weighted by molar-refractivity contribution is -0.133. The number of rotatable bonds is 5. The van der Waals surface area contributed by atoms with Crippen molar-refractivity contribution >= 4 is 5.91 Å². The van der Waals surface area contributed by atoms with E-state index in [0.717, 1.165) is 57.3 Å². The van der Waals surface area contributed by atoms with Gasteiger partial charge in [0.1, 0.15) is 6.10 Å². The highest BCUT2D eigenvalue weighted by Crippen LogP contribution is 2.34. The minimum atomic E-state index is -0.309. The van der Waals surface area contributed by atoms with Gasteiger partial charge in [0.25, 0.3) is 0 Å². The Morgan fingerprint density at radius 1 is 1.27 bits per heavy atom. The molecule has 1 N–H and O–H groups in total. The van der Waals surface area contributed by atoms with E-state index in [1.54, 1.807) is 6.20 Å². The molecule has 0 bridgehead atoms. The van der Waals surface area contributed by atoms with Gasteiger partial charge in [-0.15, -0.1) is 0 Å². The van der Waals surface area contributed by atoms with E-state index in [4.69, 9.17) is 9.47 Å². The molecule has 3 fully saturated rings. The molecule has 3 atom stereocenters. The van der Waals surface area contributed by atoms with Crippen LogP contribution in [0.4, 0.5) is 0 Å². The molecule has 3 aliphatic rings. The van der Waals surface area contributed by atoms with E-state index in [2.05, 4.69) is 15.2 Å². The van der Waals surface area contributed by atoms with Gasteiger partial charge in [-0.25, -0.2) is 0 Å². The zero-order valence-electron chi connectivity index (χ0n) is 15.3. The summed E-state index contributed by atoms with van der Waals surface area (Å²) in [6, 6.07) is 5.73. The Morgan fingerprint density at radius 3 is 2.96 bits per heavy atom. The van der Waals surface area contributed by atoms with E-state index < -0.39 is 0 Å². The van der Waals surface area contributed by atoms with Gasteiger partial charge in [0, 0.05) is 32.5 Å². The number of fused-ring (bicyclic) bond motifs is 1. The number of ether oxygens (including phenoxy) is 2. The zero-order chi connectivity index (χ0) is 17.8. The molecule has 0 aromatic carbocycles. The van der Waals surface area contributed by atoms with Crippen molar-refractivity contribution in [2.75, 3.05) is 32.8 Å². The van der Waals surface area contributed by atoms with Gasteiger partial charge >= 0.3 is 0 Å². The molecule has 6 heteroatoms. The Labute approximate surface area is 155 Å². The fraction of sp³-hybridized carbons (Fsp3) is 0.700. The van der Waals surface area contributed by atoms with Crippen LogP contribution >= 0.6 is 0 Å². The van der Waals surface area contributed by atoms with Crippen LogP contribution in [0.3, 0.4) is 0 Å². The number of nitrogens with zero attached hydrogens (tertiary/aromatic N) is 2. The van der Waals surface area contributed by atoms with Gasteiger partial charge in [-0.1, -0.05) is 6.07 Å². The predicted molar refractivity (Wildman–Crippen MR) is 97.5 cm³/mol. The zero-order valence-corrected chi connectivity index (χ0v) is 15.3. The number of hydrogen-bond acceptors (Lipinski definition) is 5. The summed E-state index contributed by atoms with van der Waals surface area (Å²) < 4.78 is 11.6. The molecular formula is C20H29N3O3. The molecule has 0 saturated carbocycles. The van der Waals surface area contributed by atoms with Gasteiger partial charge in [0.05, 0.1) is 18.3 Å². The lowest BCUT2D eigenvalue weighted by atomic mass is 9.90. The second kappa shape index (κ2) is 8.46. The molecule has 4 heterocycles. The van der Waals surface area contributed by atoms with Crippen molar-refractivity contribution in [1.29, 1.82) is 0 Å². The van der Waals surface area contributed by atoms with Gasteiger partial charge in [-0.3, -0.25) is 9.78 Å². The number of carbonyl (C=O) groups is 1. The Kier molecular flexibility index (Phi) is 5.82. The van der Waals surface area contributed by atoms with Crippen molar-refractivity contribution < 1.29 is 14.3 Å². The fourth-order valence-electron chi connectivity index (χ4n) is 4.42. The van der Waals surface area contributed by atoms with E-state index >= 15 is 0 Å². The van der Waals surface area contributed by atoms with Crippen LogP contribution in [-0.4, -0.2) is 60.8 Å². The summed E-state index contributed by atoms with van der Waals surface area (Å²) >= 11 is 0. The maximum Gasteiger partial charge on any atom is 0.249 e. The number of carbonyl (C=O) groups excluding carboxylic acids is 1. The molecule has 1 aromatic heterocycles. The number of hydrogen-bond donors (Lipinski definition) is 1. The van der Waals surface area contributed by atoms with Crippen LogP contribution in [0.25, 0.3) is 0 Å². The highest BCUT2D eigenvalue weighted by atomic mass is 16.5. The highest BCUT2D eigenvalue weighted by Gasteiger charge is 2.42. The summed E-state index contributed by atoms with van der Waals surface area (Å²) in [5, 5.41) is 2.97. The third-order valence-electron chi connectivity index (χ3n) is 5.96. The minimum Gasteiger partial charge on any atom is -0.381 e. The monoisotopic (exact) mass is 359 g/mol. The first-order valence-electron chi connectivity index (χ1n) is 9.91. The van der Waals surface area contributed by atoms with Gasteiger partial charge in [0.15, 0.2) is 0 Å². The summed E-state index contributed by atoms with van der Waals surface area (Å²) in [5.74, 6) is 1.27. The minimum absolute atomic E-state index is 0.000956. The summed E-state index contributed by atoms with van der Waals surface area (Å²) in [4.78, 5) is 19.2. The van der Waals surface area contributed by atoms with Crippen molar-refractivity contribution in [3.8, 4) is 0 Å². The molecule has 1 amide bonds. The van der Waals surface area contributed by atoms with Crippen LogP contribution in [0.5, 0.6) is 0 Å². The average Bonchev–Trinajstić information content (AvgIpc) is 3.11. The van der Waals surface area contributed by atoms with E-state index in [9.17, 15) is 4.79 Å². The van der Waals surface area contributed by atoms with Gasteiger partial charge < -0.3 is 19.7 Å². The van der Waals surface area contributed by atoms with Crippen molar-refractivity contribution in [3.05, 3.63) is 30.1 Å². The standard InChI is InChI=1S/C20H29N3O3/c24-20(22-12-17-3-1-2-7-21-17)18-11-16-4-8-23(14-19(16)26-18)13-15-5-9-25-10-6-15/h1-3,7,15-16,18-19H,4-6,8-14H2,(H,22,24)/t16-,18+,19+/m0/s1. The third-order valence-corrected chi connectivity index (χ3v) is 5.96. The number of piperidine rings is 1. The SMILES string of the molecule is O=C(NCc1ccccn1)[C@H]1C[C@@H]2CCN(CC3CCOCC3)C[C@H]2O1. The summed E-state index contributed by atoms with van der Waals surface area (Å²) in [5.41, 5.74) is 0.874. The second-order valence-corrected chi connectivity index (χ2v) is 7.80. The van der Waals surface area contributed by atoms with E-state index in [0.29, 0.717) is 12.5 Å². The van der Waals surface area contributed by atoms with Crippen LogP contribution in [-0.2, 0) is 20.8 Å². The fourth-order valence-corrected chi connectivity index (χ4v) is 4.42. The first-order valence-corrected chi connectivity index (χ1v) is 9.91. The first-order chi connectivity index (χ1) is 12.8. The maximum absolute atomic E-state index is 12.5. The van der Waals surface area contributed by atoms with Crippen molar-refractivity contribution in [2.24, 2.45) is 11.8 Å². The molecule has 0 aliphatic carbocycles. The molecule has 0 spiro atoms. The molecule has 4 rings (SSSR count). The summed E-state index contributed by atoms with van der Waals surface area (Å²) in [7, 11) is 0. The Bertz CT molecular complexity index is 591. The van der Waals surface area contributed by atoms with Crippen molar-refractivity contribution in [2.45, 2.75) is 44.4 Å². The van der Waals surface area contributed by atoms with Gasteiger partial charge in [0.2, 0.25) is 5.91 Å². The molecule has 26 heavy (non-hydrogen) atoms. The van der Waals surface area contributed by atoms with Crippen LogP contribution in [0.15, 0.2) is 24.4 Å². The van der Waals surface area contributed by atoms with Gasteiger partial charge in [-0.05, 0) is 56.2 Å². The van der Waals surface area contributed by atoms with E-state index in [1.165, 1.54) is 12.8 Å². The predicted octanol–water partition coefficient (Wildman–Crippen LogP) is 1.60. The number of amides is 1. The number of aromatic nitrogens is 1. The van der Waals surface area contributed by atoms with Crippen molar-refractivity contribution in [3.63, 3.8) is 0 Å². The molecule has 6 nitrogen and oxygen atoms in total. The smallest absolute Gasteiger partial charge is 0.249 e. The second-order valence-electron chi connectivity index (χ2n) is 7.80. The third kappa shape index (κ3) is 4.42. The highest BCUT2D eigenvalue weighted by molar-refractivity contribution is 5.81. The summed E-state index contributed by atoms with van der Waals surface area (Å²) in [6.45, 7) is 5.51. The molecule has 0 unspecified atom stereocenters. The normalized spacial score (nSPS) is 30.1. The number of likely N-dealkylation sites (tertiary alicyclic amines) is 1. The van der Waals surface area contributed by atoms with Crippen LogP contribution < -0.4 is 5.32 Å². The molecule has 0 radical (unpaired) electrons. The molecule has 1 aromatic rings. The van der Waals surface area contributed by atoms with Crippen LogP contribution in [0, 0.1) is 11.8 Å². The number of pyridine rings is 1. The Hall–Kier alpha value is -1.50. The lowest BCUT2D eigenvalue weighted by Gasteiger charge is -2.36. The first kappa shape index (κ1) is 17.9. The quantitative estimate of drug-likeness (QED) is 0.865. The molecular weight excluding hydrogens is 330 g/mol. The van der Waals surface area contributed by atoms with Gasteiger partial charge in [-0.2, -0.15) is 0 Å². The van der Waals surface area contributed by atoms with Crippen molar-refractivity contribution in [1.82, 2.24) is 15.2 Å². The summed E-state index contributed by atoms with van der Waals surface area (Å²) in [6.07, 6.45) is 5.97. The Morgan fingerprint density at radius 2 is 2.15 bits per heavy atom. The topological polar surface area (TPSA) is 63.7 Å². The van der Waals surface area contributed by atoms with E-state index in [1.807, 2.05) is 18.2 Å². The average molecular weight is 359 g/mol. The number of nitrogens with one attached hydrogen (secondary N) is 1. The Balaban J connectivity index is 1.24. The molecule has 3 saturated heterocycles. The molecule has 3 aliphatic heterocycles. The largest absolute Gasteiger partial charge is 0.381 e. The maximum atomic E-state index is 12.5.